The van der Waals surface area contributed by atoms with E-state index < -0.39 is 15.9 Å². The zero-order valence-electron chi connectivity index (χ0n) is 14.3. The Bertz CT molecular complexity index is 1200. The molecule has 0 radical (unpaired) electrons. The smallest absolute Gasteiger partial charge is 0.268 e. The van der Waals surface area contributed by atoms with Crippen molar-refractivity contribution >= 4 is 38.2 Å². The summed E-state index contributed by atoms with van der Waals surface area (Å²) in [6.45, 7) is 1.89. The van der Waals surface area contributed by atoms with E-state index in [9.17, 15) is 8.42 Å². The molecule has 0 aliphatic carbocycles. The molecule has 4 N–H and O–H groups in total. The molecule has 2 aromatic carbocycles. The van der Waals surface area contributed by atoms with Crippen molar-refractivity contribution in [3.63, 3.8) is 0 Å². The van der Waals surface area contributed by atoms with E-state index in [0.717, 1.165) is 5.56 Å². The van der Waals surface area contributed by atoms with Gasteiger partial charge in [-0.05, 0) is 43.3 Å². The number of fused-ring (bicyclic) bond motifs is 1. The van der Waals surface area contributed by atoms with Crippen molar-refractivity contribution in [1.29, 1.82) is 10.7 Å². The molecule has 0 spiro atoms. The molecule has 0 saturated carbocycles. The van der Waals surface area contributed by atoms with Gasteiger partial charge in [-0.1, -0.05) is 17.7 Å². The Morgan fingerprint density at radius 1 is 1.22 bits per heavy atom. The van der Waals surface area contributed by atoms with Crippen molar-refractivity contribution in [3.05, 3.63) is 60.3 Å². The van der Waals surface area contributed by atoms with E-state index in [1.807, 2.05) is 6.92 Å². The van der Waals surface area contributed by atoms with Gasteiger partial charge >= 0.3 is 0 Å². The molecule has 27 heavy (non-hydrogen) atoms. The fraction of sp³-hybridized carbons (Fsp3) is 0.0556. The number of benzene rings is 2. The van der Waals surface area contributed by atoms with Crippen LogP contribution in [0.2, 0.25) is 0 Å². The molecule has 0 fully saturated rings. The summed E-state index contributed by atoms with van der Waals surface area (Å²) in [6, 6.07) is 15.0. The maximum atomic E-state index is 12.9. The van der Waals surface area contributed by atoms with E-state index in [1.165, 1.54) is 10.2 Å². The number of nitrogens with one attached hydrogen (secondary N) is 2. The third kappa shape index (κ3) is 3.51. The highest BCUT2D eigenvalue weighted by atomic mass is 32.2. The summed E-state index contributed by atoms with van der Waals surface area (Å²) in [6.07, 6.45) is 1.49. The second-order valence-electron chi connectivity index (χ2n) is 5.80. The Hall–Kier alpha value is -3.64. The van der Waals surface area contributed by atoms with Gasteiger partial charge in [0.2, 0.25) is 5.71 Å². The molecular weight excluding hydrogens is 364 g/mol. The van der Waals surface area contributed by atoms with Crippen molar-refractivity contribution < 1.29 is 8.42 Å². The van der Waals surface area contributed by atoms with Crippen molar-refractivity contribution in [3.8, 4) is 6.07 Å². The van der Waals surface area contributed by atoms with Crippen LogP contribution in [0.5, 0.6) is 0 Å². The SMILES string of the molecule is Cc1ccc(S(=O)(=O)n2ccc3cc(N/N=C(\C#N)C(=N)N)ccc32)cc1. The highest BCUT2D eigenvalue weighted by molar-refractivity contribution is 7.90. The standard InChI is InChI=1S/C18H16N6O2S/c1-12-2-5-15(6-3-12)27(25,26)24-9-8-13-10-14(4-7-17(13)24)22-23-16(11-19)18(20)21/h2-10,22H,1H3,(H3,20,21)/b23-16+. The van der Waals surface area contributed by atoms with Gasteiger partial charge < -0.3 is 5.73 Å². The Morgan fingerprint density at radius 3 is 2.56 bits per heavy atom. The fourth-order valence-corrected chi connectivity index (χ4v) is 3.84. The first-order valence-corrected chi connectivity index (χ1v) is 9.28. The van der Waals surface area contributed by atoms with E-state index >= 15 is 0 Å². The third-order valence-corrected chi connectivity index (χ3v) is 5.59. The van der Waals surface area contributed by atoms with Crippen molar-refractivity contribution in [2.24, 2.45) is 10.8 Å². The lowest BCUT2D eigenvalue weighted by Crippen LogP contribution is -2.21. The minimum atomic E-state index is -3.71. The van der Waals surface area contributed by atoms with E-state index in [-0.39, 0.29) is 10.6 Å². The van der Waals surface area contributed by atoms with Gasteiger partial charge in [-0.25, -0.2) is 12.4 Å². The number of aromatic nitrogens is 1. The van der Waals surface area contributed by atoms with Gasteiger partial charge in [0.05, 0.1) is 16.1 Å². The van der Waals surface area contributed by atoms with Crippen LogP contribution in [0, 0.1) is 23.7 Å². The van der Waals surface area contributed by atoms with Crippen LogP contribution < -0.4 is 11.2 Å². The van der Waals surface area contributed by atoms with E-state index in [4.69, 9.17) is 16.4 Å². The number of nitriles is 1. The molecule has 0 aliphatic heterocycles. The first kappa shape index (κ1) is 18.2. The average Bonchev–Trinajstić information content (AvgIpc) is 3.06. The van der Waals surface area contributed by atoms with Crippen LogP contribution in [0.3, 0.4) is 0 Å². The lowest BCUT2D eigenvalue weighted by molar-refractivity contribution is 0.589. The summed E-state index contributed by atoms with van der Waals surface area (Å²) in [4.78, 5) is 0.206. The number of hydrogen-bond donors (Lipinski definition) is 3. The summed E-state index contributed by atoms with van der Waals surface area (Å²) in [5.74, 6) is -0.443. The predicted octanol–water partition coefficient (Wildman–Crippen LogP) is 2.41. The molecule has 8 nitrogen and oxygen atoms in total. The molecule has 1 aromatic heterocycles. The van der Waals surface area contributed by atoms with Crippen LogP contribution in [-0.2, 0) is 10.0 Å². The zero-order chi connectivity index (χ0) is 19.6. The van der Waals surface area contributed by atoms with Crippen LogP contribution in [0.4, 0.5) is 5.69 Å². The molecule has 0 unspecified atom stereocenters. The summed E-state index contributed by atoms with van der Waals surface area (Å²) in [7, 11) is -3.71. The quantitative estimate of drug-likeness (QED) is 0.354. The maximum absolute atomic E-state index is 12.9. The third-order valence-electron chi connectivity index (χ3n) is 3.89. The molecule has 0 aliphatic rings. The first-order valence-electron chi connectivity index (χ1n) is 7.84. The van der Waals surface area contributed by atoms with Gasteiger partial charge in [-0.2, -0.15) is 10.4 Å². The molecule has 3 aromatic rings. The fourth-order valence-electron chi connectivity index (χ4n) is 2.49. The monoisotopic (exact) mass is 380 g/mol. The van der Waals surface area contributed by atoms with Crippen molar-refractivity contribution in [2.45, 2.75) is 11.8 Å². The first-order chi connectivity index (χ1) is 12.8. The lowest BCUT2D eigenvalue weighted by atomic mass is 10.2. The van der Waals surface area contributed by atoms with E-state index in [2.05, 4.69) is 10.5 Å². The Kier molecular flexibility index (Phi) is 4.66. The molecule has 0 bridgehead atoms. The molecule has 0 saturated heterocycles. The lowest BCUT2D eigenvalue weighted by Gasteiger charge is -2.08. The van der Waals surface area contributed by atoms with Crippen LogP contribution in [0.15, 0.2) is 64.7 Å². The number of aryl methyl sites for hydroxylation is 1. The van der Waals surface area contributed by atoms with Gasteiger partial charge in [-0.15, -0.1) is 0 Å². The Morgan fingerprint density at radius 2 is 1.93 bits per heavy atom. The van der Waals surface area contributed by atoms with Gasteiger partial charge in [0.1, 0.15) is 6.07 Å². The summed E-state index contributed by atoms with van der Waals surface area (Å²) in [5.41, 5.74) is 9.66. The second kappa shape index (κ2) is 6.93. The predicted molar refractivity (Wildman–Crippen MR) is 104 cm³/mol. The molecule has 136 valence electrons. The number of anilines is 1. The van der Waals surface area contributed by atoms with E-state index in [0.29, 0.717) is 16.6 Å². The number of amidine groups is 1. The molecule has 0 atom stereocenters. The Balaban J connectivity index is 1.98. The Labute approximate surface area is 156 Å². The van der Waals surface area contributed by atoms with Crippen LogP contribution in [0.25, 0.3) is 10.9 Å². The normalized spacial score (nSPS) is 11.9. The van der Waals surface area contributed by atoms with Crippen molar-refractivity contribution in [2.75, 3.05) is 5.43 Å². The molecule has 1 heterocycles. The minimum absolute atomic E-state index is 0.206. The van der Waals surface area contributed by atoms with Crippen molar-refractivity contribution in [1.82, 2.24) is 3.97 Å². The highest BCUT2D eigenvalue weighted by Crippen LogP contribution is 2.25. The summed E-state index contributed by atoms with van der Waals surface area (Å²) >= 11 is 0. The zero-order valence-corrected chi connectivity index (χ0v) is 15.2. The minimum Gasteiger partial charge on any atom is -0.382 e. The number of hydrazone groups is 1. The summed E-state index contributed by atoms with van der Waals surface area (Å²) in [5, 5.41) is 20.5. The van der Waals surface area contributed by atoms with Gasteiger partial charge in [0.15, 0.2) is 5.84 Å². The van der Waals surface area contributed by atoms with Crippen LogP contribution >= 0.6 is 0 Å². The largest absolute Gasteiger partial charge is 0.382 e. The molecule has 3 rings (SSSR count). The van der Waals surface area contributed by atoms with Crippen LogP contribution in [0.1, 0.15) is 5.56 Å². The number of nitrogens with zero attached hydrogens (tertiary/aromatic N) is 3. The maximum Gasteiger partial charge on any atom is 0.268 e. The second-order valence-corrected chi connectivity index (χ2v) is 7.62. The van der Waals surface area contributed by atoms with Gasteiger partial charge in [-0.3, -0.25) is 10.8 Å². The van der Waals surface area contributed by atoms with Crippen LogP contribution in [-0.4, -0.2) is 23.9 Å². The average molecular weight is 380 g/mol. The molecule has 9 heteroatoms. The highest BCUT2D eigenvalue weighted by Gasteiger charge is 2.18. The number of rotatable bonds is 5. The topological polar surface area (TPSA) is 137 Å². The van der Waals surface area contributed by atoms with Gasteiger partial charge in [0, 0.05) is 11.6 Å². The van der Waals surface area contributed by atoms with E-state index in [1.54, 1.807) is 54.6 Å². The number of nitrogens with two attached hydrogens (primary N) is 1. The number of hydrogen-bond acceptors (Lipinski definition) is 6. The van der Waals surface area contributed by atoms with Gasteiger partial charge in [0.25, 0.3) is 10.0 Å². The molecular formula is C18H16N6O2S. The molecule has 0 amide bonds. The summed E-state index contributed by atoms with van der Waals surface area (Å²) < 4.78 is 27.0.